The van der Waals surface area contributed by atoms with Crippen molar-refractivity contribution in [3.63, 3.8) is 0 Å². The summed E-state index contributed by atoms with van der Waals surface area (Å²) in [5, 5.41) is 6.48. The number of pyridine rings is 1. The van der Waals surface area contributed by atoms with Crippen LogP contribution in [0, 0.1) is 0 Å². The third kappa shape index (κ3) is 2.79. The molecule has 0 unspecified atom stereocenters. The Hall–Kier alpha value is -1.58. The zero-order chi connectivity index (χ0) is 13.9. The Morgan fingerprint density at radius 2 is 2.05 bits per heavy atom. The van der Waals surface area contributed by atoms with E-state index in [1.165, 1.54) is 5.39 Å². The molecule has 20 heavy (non-hydrogen) atoms. The maximum absolute atomic E-state index is 6.11. The minimum absolute atomic E-state index is 0.728. The smallest absolute Gasteiger partial charge is 0.0551 e. The Morgan fingerprint density at radius 1 is 1.15 bits per heavy atom. The Bertz CT molecular complexity index is 753. The van der Waals surface area contributed by atoms with Gasteiger partial charge in [-0.15, -0.1) is 0 Å². The number of anilines is 1. The molecule has 4 heteroatoms. The quantitative estimate of drug-likeness (QED) is 0.699. The van der Waals surface area contributed by atoms with Crippen LogP contribution in [0.25, 0.3) is 10.8 Å². The molecule has 1 heterocycles. The van der Waals surface area contributed by atoms with Gasteiger partial charge < -0.3 is 5.32 Å². The van der Waals surface area contributed by atoms with E-state index in [1.54, 1.807) is 0 Å². The molecule has 0 bridgehead atoms. The summed E-state index contributed by atoms with van der Waals surface area (Å²) in [6.07, 6.45) is 3.68. The molecule has 3 aromatic rings. The predicted octanol–water partition coefficient (Wildman–Crippen LogP) is 5.26. The summed E-state index contributed by atoms with van der Waals surface area (Å²) in [6, 6.07) is 14.2. The number of halogens is 2. The van der Waals surface area contributed by atoms with Gasteiger partial charge >= 0.3 is 0 Å². The lowest BCUT2D eigenvalue weighted by atomic mass is 10.1. The molecule has 0 radical (unpaired) electrons. The lowest BCUT2D eigenvalue weighted by molar-refractivity contribution is 1.15. The fraction of sp³-hybridized carbons (Fsp3) is 0.0625. The lowest BCUT2D eigenvalue weighted by Crippen LogP contribution is -2.00. The van der Waals surface area contributed by atoms with E-state index >= 15 is 0 Å². The van der Waals surface area contributed by atoms with Crippen LogP contribution in [0.5, 0.6) is 0 Å². The highest BCUT2D eigenvalue weighted by Gasteiger charge is 2.02. The molecule has 0 spiro atoms. The third-order valence-electron chi connectivity index (χ3n) is 3.15. The number of nitrogens with zero attached hydrogens (tertiary/aromatic N) is 1. The van der Waals surface area contributed by atoms with E-state index in [4.69, 9.17) is 11.6 Å². The van der Waals surface area contributed by atoms with Gasteiger partial charge in [0, 0.05) is 39.9 Å². The SMILES string of the molecule is Clc1cc(CNc2cccc3cnccc23)ccc1Br. The second kappa shape index (κ2) is 5.81. The molecule has 0 saturated carbocycles. The molecule has 2 nitrogen and oxygen atoms in total. The van der Waals surface area contributed by atoms with Crippen molar-refractivity contribution in [3.8, 4) is 0 Å². The van der Waals surface area contributed by atoms with Crippen molar-refractivity contribution in [1.82, 2.24) is 4.98 Å². The Balaban J connectivity index is 1.85. The monoisotopic (exact) mass is 346 g/mol. The third-order valence-corrected chi connectivity index (χ3v) is 4.38. The summed E-state index contributed by atoms with van der Waals surface area (Å²) in [7, 11) is 0. The number of hydrogen-bond donors (Lipinski definition) is 1. The van der Waals surface area contributed by atoms with E-state index in [0.717, 1.165) is 32.7 Å². The van der Waals surface area contributed by atoms with E-state index < -0.39 is 0 Å². The van der Waals surface area contributed by atoms with E-state index in [2.05, 4.69) is 44.4 Å². The van der Waals surface area contributed by atoms with Gasteiger partial charge in [-0.2, -0.15) is 0 Å². The van der Waals surface area contributed by atoms with Gasteiger partial charge in [-0.05, 0) is 45.8 Å². The lowest BCUT2D eigenvalue weighted by Gasteiger charge is -2.10. The normalized spacial score (nSPS) is 10.7. The highest BCUT2D eigenvalue weighted by atomic mass is 79.9. The molecule has 2 aromatic carbocycles. The first-order chi connectivity index (χ1) is 9.74. The van der Waals surface area contributed by atoms with Crippen LogP contribution >= 0.6 is 27.5 Å². The maximum atomic E-state index is 6.11. The largest absolute Gasteiger partial charge is 0.380 e. The van der Waals surface area contributed by atoms with Crippen molar-refractivity contribution in [3.05, 3.63) is 69.9 Å². The molecule has 0 aliphatic carbocycles. The molecule has 1 N–H and O–H groups in total. The number of nitrogens with one attached hydrogen (secondary N) is 1. The molecular weight excluding hydrogens is 336 g/mol. The Morgan fingerprint density at radius 3 is 2.90 bits per heavy atom. The van der Waals surface area contributed by atoms with Crippen molar-refractivity contribution in [2.75, 3.05) is 5.32 Å². The molecule has 100 valence electrons. The average molecular weight is 348 g/mol. The fourth-order valence-corrected chi connectivity index (χ4v) is 2.57. The zero-order valence-electron chi connectivity index (χ0n) is 10.6. The van der Waals surface area contributed by atoms with Crippen molar-refractivity contribution in [2.45, 2.75) is 6.54 Å². The molecule has 0 aliphatic rings. The molecule has 0 amide bonds. The van der Waals surface area contributed by atoms with Gasteiger partial charge in [0.2, 0.25) is 0 Å². The Labute approximate surface area is 130 Å². The molecule has 0 aliphatic heterocycles. The molecule has 0 saturated heterocycles. The first-order valence-corrected chi connectivity index (χ1v) is 7.42. The Kier molecular flexibility index (Phi) is 3.90. The summed E-state index contributed by atoms with van der Waals surface area (Å²) >= 11 is 9.51. The number of rotatable bonds is 3. The molecule has 0 atom stereocenters. The van der Waals surface area contributed by atoms with Crippen LogP contribution in [-0.4, -0.2) is 4.98 Å². The van der Waals surface area contributed by atoms with Gasteiger partial charge in [-0.3, -0.25) is 4.98 Å². The van der Waals surface area contributed by atoms with E-state index in [9.17, 15) is 0 Å². The average Bonchev–Trinajstić information content (AvgIpc) is 2.48. The van der Waals surface area contributed by atoms with Crippen molar-refractivity contribution in [2.24, 2.45) is 0 Å². The summed E-state index contributed by atoms with van der Waals surface area (Å²) in [4.78, 5) is 4.14. The van der Waals surface area contributed by atoms with Gasteiger partial charge in [-0.1, -0.05) is 29.8 Å². The standard InChI is InChI=1S/C16H12BrClN2/c17-14-5-4-11(8-15(14)18)9-20-16-3-1-2-12-10-19-7-6-13(12)16/h1-8,10,20H,9H2. The van der Waals surface area contributed by atoms with Gasteiger partial charge in [0.05, 0.1) is 5.02 Å². The molecule has 3 rings (SSSR count). The molecule has 0 fully saturated rings. The van der Waals surface area contributed by atoms with E-state index in [-0.39, 0.29) is 0 Å². The van der Waals surface area contributed by atoms with Gasteiger partial charge in [-0.25, -0.2) is 0 Å². The second-order valence-corrected chi connectivity index (χ2v) is 5.77. The van der Waals surface area contributed by atoms with Crippen molar-refractivity contribution >= 4 is 44.0 Å². The highest BCUT2D eigenvalue weighted by Crippen LogP contribution is 2.25. The zero-order valence-corrected chi connectivity index (χ0v) is 12.9. The second-order valence-electron chi connectivity index (χ2n) is 4.50. The van der Waals surface area contributed by atoms with Gasteiger partial charge in [0.15, 0.2) is 0 Å². The van der Waals surface area contributed by atoms with E-state index in [0.29, 0.717) is 0 Å². The van der Waals surface area contributed by atoms with Gasteiger partial charge in [0.25, 0.3) is 0 Å². The first-order valence-electron chi connectivity index (χ1n) is 6.24. The topological polar surface area (TPSA) is 24.9 Å². The number of fused-ring (bicyclic) bond motifs is 1. The van der Waals surface area contributed by atoms with Crippen molar-refractivity contribution in [1.29, 1.82) is 0 Å². The maximum Gasteiger partial charge on any atom is 0.0551 e. The molecular formula is C16H12BrClN2. The summed E-state index contributed by atoms with van der Waals surface area (Å²) < 4.78 is 0.916. The van der Waals surface area contributed by atoms with Crippen LogP contribution in [0.1, 0.15) is 5.56 Å². The van der Waals surface area contributed by atoms with Crippen LogP contribution in [0.4, 0.5) is 5.69 Å². The fourth-order valence-electron chi connectivity index (χ4n) is 2.12. The minimum Gasteiger partial charge on any atom is -0.380 e. The summed E-state index contributed by atoms with van der Waals surface area (Å²) in [5.74, 6) is 0. The van der Waals surface area contributed by atoms with Crippen LogP contribution in [0.15, 0.2) is 59.3 Å². The first kappa shape index (κ1) is 13.4. The van der Waals surface area contributed by atoms with Crippen LogP contribution in [0.2, 0.25) is 5.02 Å². The van der Waals surface area contributed by atoms with Crippen LogP contribution in [-0.2, 0) is 6.54 Å². The summed E-state index contributed by atoms with van der Waals surface area (Å²) in [5.41, 5.74) is 2.24. The molecule has 1 aromatic heterocycles. The predicted molar refractivity (Wildman–Crippen MR) is 88.2 cm³/mol. The van der Waals surface area contributed by atoms with Gasteiger partial charge in [0.1, 0.15) is 0 Å². The van der Waals surface area contributed by atoms with Crippen LogP contribution < -0.4 is 5.32 Å². The number of hydrogen-bond acceptors (Lipinski definition) is 2. The number of aromatic nitrogens is 1. The minimum atomic E-state index is 0.728. The highest BCUT2D eigenvalue weighted by molar-refractivity contribution is 9.10. The summed E-state index contributed by atoms with van der Waals surface area (Å²) in [6.45, 7) is 0.731. The van der Waals surface area contributed by atoms with Crippen molar-refractivity contribution < 1.29 is 0 Å². The van der Waals surface area contributed by atoms with Crippen LogP contribution in [0.3, 0.4) is 0 Å². The number of benzene rings is 2. The van der Waals surface area contributed by atoms with E-state index in [1.807, 2.05) is 36.7 Å².